The standard InChI is InChI=1S/C18H26N4O2/c1-13-5-2-3-10-22(13)16-11-14(7-8-20-16)18(24)21-9-4-6-15(12-21)17(19)23/h7-8,11,13,15H,2-6,9-10,12H2,1H3,(H2,19,23)/t13-,15-/m0/s1. The number of nitrogens with two attached hydrogens (primary N) is 1. The summed E-state index contributed by atoms with van der Waals surface area (Å²) in [4.78, 5) is 32.7. The normalized spacial score (nSPS) is 24.7. The molecule has 2 aliphatic rings. The van der Waals surface area contributed by atoms with Gasteiger partial charge in [0.15, 0.2) is 0 Å². The number of rotatable bonds is 3. The smallest absolute Gasteiger partial charge is 0.254 e. The van der Waals surface area contributed by atoms with Crippen molar-refractivity contribution < 1.29 is 9.59 Å². The number of nitrogens with zero attached hydrogens (tertiary/aromatic N) is 3. The second-order valence-corrected chi connectivity index (χ2v) is 6.93. The molecule has 24 heavy (non-hydrogen) atoms. The van der Waals surface area contributed by atoms with Gasteiger partial charge in [-0.1, -0.05) is 0 Å². The average molecular weight is 330 g/mol. The minimum absolute atomic E-state index is 0.0331. The average Bonchev–Trinajstić information content (AvgIpc) is 2.61. The summed E-state index contributed by atoms with van der Waals surface area (Å²) >= 11 is 0. The molecule has 0 unspecified atom stereocenters. The SMILES string of the molecule is C[C@H]1CCCCN1c1cc(C(=O)N2CCC[C@H](C(N)=O)C2)ccn1. The predicted molar refractivity (Wildman–Crippen MR) is 92.7 cm³/mol. The molecule has 1 aromatic heterocycles. The Labute approximate surface area is 143 Å². The first-order valence-corrected chi connectivity index (χ1v) is 8.87. The number of carbonyl (C=O) groups excluding carboxylic acids is 2. The first-order chi connectivity index (χ1) is 11.6. The largest absolute Gasteiger partial charge is 0.369 e. The molecule has 130 valence electrons. The molecule has 2 fully saturated rings. The quantitative estimate of drug-likeness (QED) is 0.916. The van der Waals surface area contributed by atoms with Crippen LogP contribution >= 0.6 is 0 Å². The zero-order valence-electron chi connectivity index (χ0n) is 14.3. The van der Waals surface area contributed by atoms with E-state index in [2.05, 4.69) is 16.8 Å². The van der Waals surface area contributed by atoms with Crippen LogP contribution in [0.2, 0.25) is 0 Å². The molecule has 0 radical (unpaired) electrons. The summed E-state index contributed by atoms with van der Waals surface area (Å²) in [6, 6.07) is 4.10. The number of aromatic nitrogens is 1. The lowest BCUT2D eigenvalue weighted by molar-refractivity contribution is -0.123. The van der Waals surface area contributed by atoms with Crippen LogP contribution in [0.4, 0.5) is 5.82 Å². The maximum absolute atomic E-state index is 12.8. The molecular formula is C18H26N4O2. The molecule has 3 rings (SSSR count). The van der Waals surface area contributed by atoms with E-state index < -0.39 is 0 Å². The van der Waals surface area contributed by atoms with E-state index >= 15 is 0 Å². The fourth-order valence-corrected chi connectivity index (χ4v) is 3.72. The predicted octanol–water partition coefficient (Wildman–Crippen LogP) is 1.80. The van der Waals surface area contributed by atoms with Crippen molar-refractivity contribution in [3.8, 4) is 0 Å². The second kappa shape index (κ2) is 7.20. The molecule has 2 amide bonds. The van der Waals surface area contributed by atoms with Crippen molar-refractivity contribution >= 4 is 17.6 Å². The molecule has 2 atom stereocenters. The Morgan fingerprint density at radius 3 is 2.79 bits per heavy atom. The number of hydrogen-bond acceptors (Lipinski definition) is 4. The highest BCUT2D eigenvalue weighted by Gasteiger charge is 2.28. The molecule has 2 aliphatic heterocycles. The van der Waals surface area contributed by atoms with Crippen LogP contribution in [-0.2, 0) is 4.79 Å². The Balaban J connectivity index is 1.75. The Bertz CT molecular complexity index is 619. The second-order valence-electron chi connectivity index (χ2n) is 6.93. The van der Waals surface area contributed by atoms with Crippen molar-refractivity contribution in [3.63, 3.8) is 0 Å². The van der Waals surface area contributed by atoms with Gasteiger partial charge in [0.25, 0.3) is 5.91 Å². The van der Waals surface area contributed by atoms with Crippen LogP contribution in [0, 0.1) is 5.92 Å². The number of hydrogen-bond donors (Lipinski definition) is 1. The zero-order valence-corrected chi connectivity index (χ0v) is 14.3. The van der Waals surface area contributed by atoms with E-state index in [1.807, 2.05) is 6.07 Å². The van der Waals surface area contributed by atoms with Gasteiger partial charge in [-0.05, 0) is 51.2 Å². The van der Waals surface area contributed by atoms with Gasteiger partial charge in [-0.25, -0.2) is 4.98 Å². The van der Waals surface area contributed by atoms with E-state index in [-0.39, 0.29) is 17.7 Å². The highest BCUT2D eigenvalue weighted by Crippen LogP contribution is 2.24. The number of anilines is 1. The lowest BCUT2D eigenvalue weighted by atomic mass is 9.97. The Hall–Kier alpha value is -2.11. The van der Waals surface area contributed by atoms with E-state index in [4.69, 9.17) is 5.73 Å². The topological polar surface area (TPSA) is 79.5 Å². The minimum atomic E-state index is -0.315. The summed E-state index contributed by atoms with van der Waals surface area (Å²) in [6.45, 7) is 4.29. The van der Waals surface area contributed by atoms with E-state index in [9.17, 15) is 9.59 Å². The molecule has 0 saturated carbocycles. The van der Waals surface area contributed by atoms with Crippen LogP contribution in [0.1, 0.15) is 49.4 Å². The molecule has 6 heteroatoms. The van der Waals surface area contributed by atoms with Gasteiger partial charge >= 0.3 is 0 Å². The fraction of sp³-hybridized carbons (Fsp3) is 0.611. The molecule has 0 spiro atoms. The maximum Gasteiger partial charge on any atom is 0.254 e. The molecular weight excluding hydrogens is 304 g/mol. The number of primary amides is 1. The molecule has 2 N–H and O–H groups in total. The van der Waals surface area contributed by atoms with Crippen molar-refractivity contribution in [1.29, 1.82) is 0 Å². The maximum atomic E-state index is 12.8. The fourth-order valence-electron chi connectivity index (χ4n) is 3.72. The van der Waals surface area contributed by atoms with E-state index in [0.29, 0.717) is 24.7 Å². The third-order valence-corrected chi connectivity index (χ3v) is 5.20. The van der Waals surface area contributed by atoms with Crippen molar-refractivity contribution in [2.45, 2.75) is 45.1 Å². The first kappa shape index (κ1) is 16.7. The molecule has 6 nitrogen and oxygen atoms in total. The molecule has 1 aromatic rings. The summed E-state index contributed by atoms with van der Waals surface area (Å²) in [5.74, 6) is 0.293. The van der Waals surface area contributed by atoms with Gasteiger partial charge in [0.1, 0.15) is 5.82 Å². The molecule has 0 bridgehead atoms. The van der Waals surface area contributed by atoms with Gasteiger partial charge in [0.2, 0.25) is 5.91 Å². The lowest BCUT2D eigenvalue weighted by Gasteiger charge is -2.35. The van der Waals surface area contributed by atoms with Gasteiger partial charge < -0.3 is 15.5 Å². The van der Waals surface area contributed by atoms with Crippen LogP contribution in [0.15, 0.2) is 18.3 Å². The van der Waals surface area contributed by atoms with Gasteiger partial charge in [0.05, 0.1) is 5.92 Å². The van der Waals surface area contributed by atoms with Crippen LogP contribution in [0.3, 0.4) is 0 Å². The summed E-state index contributed by atoms with van der Waals surface area (Å²) in [5.41, 5.74) is 6.05. The Kier molecular flexibility index (Phi) is 5.02. The van der Waals surface area contributed by atoms with E-state index in [1.54, 1.807) is 17.2 Å². The number of likely N-dealkylation sites (tertiary alicyclic amines) is 1. The van der Waals surface area contributed by atoms with Crippen LogP contribution in [0.5, 0.6) is 0 Å². The van der Waals surface area contributed by atoms with Crippen LogP contribution < -0.4 is 10.6 Å². The third kappa shape index (κ3) is 3.52. The highest BCUT2D eigenvalue weighted by atomic mass is 16.2. The first-order valence-electron chi connectivity index (χ1n) is 8.87. The minimum Gasteiger partial charge on any atom is -0.369 e. The van der Waals surface area contributed by atoms with Gasteiger partial charge in [-0.2, -0.15) is 0 Å². The van der Waals surface area contributed by atoms with E-state index in [0.717, 1.165) is 38.0 Å². The molecule has 3 heterocycles. The summed E-state index contributed by atoms with van der Waals surface area (Å²) in [6.07, 6.45) is 6.87. The number of pyridine rings is 1. The monoisotopic (exact) mass is 330 g/mol. The number of piperidine rings is 2. The van der Waals surface area contributed by atoms with Crippen molar-refractivity contribution in [2.24, 2.45) is 11.7 Å². The molecule has 2 saturated heterocycles. The van der Waals surface area contributed by atoms with Crippen molar-refractivity contribution in [2.75, 3.05) is 24.5 Å². The number of carbonyl (C=O) groups is 2. The van der Waals surface area contributed by atoms with Crippen molar-refractivity contribution in [1.82, 2.24) is 9.88 Å². The Morgan fingerprint density at radius 2 is 2.04 bits per heavy atom. The summed E-state index contributed by atoms with van der Waals surface area (Å²) in [7, 11) is 0. The van der Waals surface area contributed by atoms with Gasteiger partial charge in [-0.15, -0.1) is 0 Å². The Morgan fingerprint density at radius 1 is 1.21 bits per heavy atom. The van der Waals surface area contributed by atoms with E-state index in [1.165, 1.54) is 6.42 Å². The summed E-state index contributed by atoms with van der Waals surface area (Å²) in [5, 5.41) is 0. The van der Waals surface area contributed by atoms with Gasteiger partial charge in [-0.3, -0.25) is 9.59 Å². The summed E-state index contributed by atoms with van der Waals surface area (Å²) < 4.78 is 0. The van der Waals surface area contributed by atoms with Crippen molar-refractivity contribution in [3.05, 3.63) is 23.9 Å². The number of amides is 2. The lowest BCUT2D eigenvalue weighted by Crippen LogP contribution is -2.44. The third-order valence-electron chi connectivity index (χ3n) is 5.20. The molecule has 0 aromatic carbocycles. The zero-order chi connectivity index (χ0) is 17.1. The van der Waals surface area contributed by atoms with Crippen LogP contribution in [-0.4, -0.2) is 47.4 Å². The molecule has 0 aliphatic carbocycles. The highest BCUT2D eigenvalue weighted by molar-refractivity contribution is 5.95. The van der Waals surface area contributed by atoms with Gasteiger partial charge in [0, 0.05) is 37.4 Å². The van der Waals surface area contributed by atoms with Crippen LogP contribution in [0.25, 0.3) is 0 Å².